The van der Waals surface area contributed by atoms with Crippen LogP contribution >= 0.6 is 23.2 Å². The van der Waals surface area contributed by atoms with Crippen molar-refractivity contribution >= 4 is 23.2 Å². The Morgan fingerprint density at radius 1 is 0.850 bits per heavy atom. The normalized spacial score (nSPS) is 12.5. The van der Waals surface area contributed by atoms with Crippen LogP contribution in [0.3, 0.4) is 0 Å². The van der Waals surface area contributed by atoms with Crippen LogP contribution in [0, 0.1) is 17.5 Å². The summed E-state index contributed by atoms with van der Waals surface area (Å²) in [5.74, 6) is -3.20. The van der Waals surface area contributed by atoms with E-state index in [1.165, 1.54) is 6.07 Å². The minimum Gasteiger partial charge on any atom is -0.309 e. The van der Waals surface area contributed by atoms with Crippen molar-refractivity contribution in [2.24, 2.45) is 0 Å². The van der Waals surface area contributed by atoms with Gasteiger partial charge in [-0.05, 0) is 36.9 Å². The first-order chi connectivity index (χ1) is 9.42. The lowest BCUT2D eigenvalue weighted by molar-refractivity contribution is 0.483. The van der Waals surface area contributed by atoms with Crippen LogP contribution in [0.5, 0.6) is 0 Å². The van der Waals surface area contributed by atoms with Gasteiger partial charge in [-0.3, -0.25) is 0 Å². The Morgan fingerprint density at radius 3 is 1.95 bits per heavy atom. The Labute approximate surface area is 124 Å². The molecule has 0 spiro atoms. The van der Waals surface area contributed by atoms with Gasteiger partial charge in [0.1, 0.15) is 5.82 Å². The van der Waals surface area contributed by atoms with Crippen molar-refractivity contribution in [3.8, 4) is 0 Å². The number of nitrogens with one attached hydrogen (secondary N) is 1. The zero-order valence-electron chi connectivity index (χ0n) is 10.4. The summed E-state index contributed by atoms with van der Waals surface area (Å²) < 4.78 is 40.1. The molecule has 0 amide bonds. The van der Waals surface area contributed by atoms with Gasteiger partial charge in [0.05, 0.1) is 6.04 Å². The highest BCUT2D eigenvalue weighted by atomic mass is 35.5. The van der Waals surface area contributed by atoms with Gasteiger partial charge in [-0.2, -0.15) is 0 Å². The second-order valence-corrected chi connectivity index (χ2v) is 5.09. The molecule has 20 heavy (non-hydrogen) atoms. The minimum atomic E-state index is -1.23. The molecule has 1 atom stereocenters. The van der Waals surface area contributed by atoms with Gasteiger partial charge in [0.25, 0.3) is 0 Å². The van der Waals surface area contributed by atoms with Gasteiger partial charge in [0, 0.05) is 21.7 Å². The van der Waals surface area contributed by atoms with Crippen LogP contribution in [0.15, 0.2) is 30.3 Å². The van der Waals surface area contributed by atoms with E-state index in [0.717, 1.165) is 6.07 Å². The van der Waals surface area contributed by atoms with Crippen molar-refractivity contribution in [3.05, 3.63) is 69.0 Å². The first kappa shape index (κ1) is 15.2. The molecule has 6 heteroatoms. The van der Waals surface area contributed by atoms with E-state index in [2.05, 4.69) is 5.32 Å². The van der Waals surface area contributed by atoms with Crippen LogP contribution < -0.4 is 5.32 Å². The highest BCUT2D eigenvalue weighted by molar-refractivity contribution is 6.34. The molecule has 1 unspecified atom stereocenters. The first-order valence-electron chi connectivity index (χ1n) is 5.70. The largest absolute Gasteiger partial charge is 0.309 e. The number of halogens is 5. The van der Waals surface area contributed by atoms with E-state index in [1.54, 1.807) is 19.2 Å². The third kappa shape index (κ3) is 3.08. The SMILES string of the molecule is CNC(c1cc(Cl)cc(Cl)c1)c1cc(F)c(F)cc1F. The topological polar surface area (TPSA) is 12.0 Å². The second-order valence-electron chi connectivity index (χ2n) is 4.21. The van der Waals surface area contributed by atoms with Crippen molar-refractivity contribution < 1.29 is 13.2 Å². The molecule has 1 N–H and O–H groups in total. The van der Waals surface area contributed by atoms with Crippen LogP contribution in [0.25, 0.3) is 0 Å². The summed E-state index contributed by atoms with van der Waals surface area (Å²) >= 11 is 11.8. The van der Waals surface area contributed by atoms with Gasteiger partial charge in [-0.15, -0.1) is 0 Å². The van der Waals surface area contributed by atoms with E-state index in [4.69, 9.17) is 23.2 Å². The molecule has 0 fully saturated rings. The lowest BCUT2D eigenvalue weighted by Gasteiger charge is -2.19. The van der Waals surface area contributed by atoms with E-state index < -0.39 is 23.5 Å². The highest BCUT2D eigenvalue weighted by Crippen LogP contribution is 2.30. The molecule has 0 bridgehead atoms. The molecular weight excluding hydrogens is 310 g/mol. The number of hydrogen-bond donors (Lipinski definition) is 1. The van der Waals surface area contributed by atoms with Crippen molar-refractivity contribution in [3.63, 3.8) is 0 Å². The molecule has 0 radical (unpaired) electrons. The van der Waals surface area contributed by atoms with E-state index in [1.807, 2.05) is 0 Å². The quantitative estimate of drug-likeness (QED) is 0.807. The van der Waals surface area contributed by atoms with Crippen molar-refractivity contribution in [2.75, 3.05) is 7.05 Å². The lowest BCUT2D eigenvalue weighted by atomic mass is 9.98. The molecule has 2 aromatic rings. The average Bonchev–Trinajstić information content (AvgIpc) is 2.35. The molecule has 2 rings (SSSR count). The van der Waals surface area contributed by atoms with Crippen LogP contribution in [0.4, 0.5) is 13.2 Å². The fraction of sp³-hybridized carbons (Fsp3) is 0.143. The van der Waals surface area contributed by atoms with Crippen molar-refractivity contribution in [1.82, 2.24) is 5.32 Å². The summed E-state index contributed by atoms with van der Waals surface area (Å²) in [7, 11) is 1.57. The van der Waals surface area contributed by atoms with Crippen molar-refractivity contribution in [2.45, 2.75) is 6.04 Å². The van der Waals surface area contributed by atoms with Crippen LogP contribution in [-0.2, 0) is 0 Å². The third-order valence-electron chi connectivity index (χ3n) is 2.86. The molecule has 2 aromatic carbocycles. The summed E-state index contributed by atoms with van der Waals surface area (Å²) in [6, 6.07) is 5.33. The van der Waals surface area contributed by atoms with Gasteiger partial charge in [-0.25, -0.2) is 13.2 Å². The molecule has 1 nitrogen and oxygen atoms in total. The maximum Gasteiger partial charge on any atom is 0.161 e. The lowest BCUT2D eigenvalue weighted by Crippen LogP contribution is -2.19. The minimum absolute atomic E-state index is 0.0234. The Kier molecular flexibility index (Phi) is 4.58. The van der Waals surface area contributed by atoms with E-state index in [-0.39, 0.29) is 5.56 Å². The molecule has 0 saturated carbocycles. The molecular formula is C14H10Cl2F3N. The average molecular weight is 320 g/mol. The van der Waals surface area contributed by atoms with E-state index in [0.29, 0.717) is 21.7 Å². The molecule has 106 valence electrons. The van der Waals surface area contributed by atoms with E-state index in [9.17, 15) is 13.2 Å². The van der Waals surface area contributed by atoms with Gasteiger partial charge in [0.15, 0.2) is 11.6 Å². The predicted molar refractivity (Wildman–Crippen MR) is 73.7 cm³/mol. The van der Waals surface area contributed by atoms with Gasteiger partial charge < -0.3 is 5.32 Å². The second kappa shape index (κ2) is 6.04. The van der Waals surface area contributed by atoms with Crippen LogP contribution in [0.2, 0.25) is 10.0 Å². The molecule has 0 heterocycles. The Balaban J connectivity index is 2.55. The van der Waals surface area contributed by atoms with Crippen LogP contribution in [-0.4, -0.2) is 7.05 Å². The summed E-state index contributed by atoms with van der Waals surface area (Å²) in [4.78, 5) is 0. The molecule has 0 aliphatic heterocycles. The standard InChI is InChI=1S/C14H10Cl2F3N/c1-20-14(7-2-8(15)4-9(16)3-7)10-5-12(18)13(19)6-11(10)17/h2-6,14,20H,1H3. The number of hydrogen-bond acceptors (Lipinski definition) is 1. The summed E-state index contributed by atoms with van der Waals surface area (Å²) in [5.41, 5.74) is 0.527. The first-order valence-corrected chi connectivity index (χ1v) is 6.45. The molecule has 0 aliphatic rings. The predicted octanol–water partition coefficient (Wildman–Crippen LogP) is 4.72. The maximum absolute atomic E-state index is 13.8. The zero-order valence-corrected chi connectivity index (χ0v) is 11.9. The van der Waals surface area contributed by atoms with Crippen LogP contribution in [0.1, 0.15) is 17.2 Å². The fourth-order valence-electron chi connectivity index (χ4n) is 2.00. The Morgan fingerprint density at radius 2 is 1.40 bits per heavy atom. The van der Waals surface area contributed by atoms with Crippen molar-refractivity contribution in [1.29, 1.82) is 0 Å². The maximum atomic E-state index is 13.8. The molecule has 0 saturated heterocycles. The van der Waals surface area contributed by atoms with Gasteiger partial charge >= 0.3 is 0 Å². The molecule has 0 aliphatic carbocycles. The highest BCUT2D eigenvalue weighted by Gasteiger charge is 2.20. The van der Waals surface area contributed by atoms with Gasteiger partial charge in [0.2, 0.25) is 0 Å². The van der Waals surface area contributed by atoms with Gasteiger partial charge in [-0.1, -0.05) is 23.2 Å². The van der Waals surface area contributed by atoms with E-state index >= 15 is 0 Å². The monoisotopic (exact) mass is 319 g/mol. The summed E-state index contributed by atoms with van der Waals surface area (Å²) in [6.45, 7) is 0. The Hall–Kier alpha value is -1.23. The third-order valence-corrected chi connectivity index (χ3v) is 3.29. The number of rotatable bonds is 3. The smallest absolute Gasteiger partial charge is 0.161 e. The zero-order chi connectivity index (χ0) is 14.9. The Bertz CT molecular complexity index is 626. The molecule has 0 aromatic heterocycles. The fourth-order valence-corrected chi connectivity index (χ4v) is 2.55. The summed E-state index contributed by atoms with van der Waals surface area (Å²) in [5, 5.41) is 3.57. The number of benzene rings is 2. The summed E-state index contributed by atoms with van der Waals surface area (Å²) in [6.07, 6.45) is 0.